The Balaban J connectivity index is 1.48. The van der Waals surface area contributed by atoms with Gasteiger partial charge in [0.2, 0.25) is 0 Å². The topological polar surface area (TPSA) is 92.2 Å². The number of nitrogens with one attached hydrogen (secondary N) is 4. The molecule has 172 valence electrons. The summed E-state index contributed by atoms with van der Waals surface area (Å²) in [5.41, 5.74) is 6.66. The molecule has 1 aromatic heterocycles. The molecule has 2 atom stereocenters. The van der Waals surface area contributed by atoms with Gasteiger partial charge in [0.05, 0.1) is 25.0 Å². The van der Waals surface area contributed by atoms with Crippen molar-refractivity contribution in [2.24, 2.45) is 0 Å². The molecule has 0 spiro atoms. The number of alkyl halides is 2. The van der Waals surface area contributed by atoms with E-state index >= 15 is 0 Å². The van der Waals surface area contributed by atoms with E-state index in [9.17, 15) is 13.6 Å². The predicted octanol–water partition coefficient (Wildman–Crippen LogP) is 3.89. The molecule has 3 aromatic rings. The highest BCUT2D eigenvalue weighted by molar-refractivity contribution is 7.80. The minimum atomic E-state index is -2.64. The molecule has 4 N–H and O–H groups in total. The van der Waals surface area contributed by atoms with E-state index in [0.29, 0.717) is 11.4 Å². The number of benzene rings is 2. The van der Waals surface area contributed by atoms with E-state index in [1.807, 2.05) is 36.4 Å². The minimum Gasteiger partial charge on any atom is -0.495 e. The lowest BCUT2D eigenvalue weighted by atomic mass is 9.97. The number of hydrogen-bond acceptors (Lipinski definition) is 5. The van der Waals surface area contributed by atoms with Crippen LogP contribution in [-0.4, -0.2) is 34.3 Å². The van der Waals surface area contributed by atoms with Crippen LogP contribution in [0.1, 0.15) is 34.4 Å². The summed E-state index contributed by atoms with van der Waals surface area (Å²) in [5.74, 6) is 0.228. The third-order valence-corrected chi connectivity index (χ3v) is 5.48. The zero-order chi connectivity index (χ0) is 23.4. The number of carbonyl (C=O) groups is 1. The molecule has 0 aliphatic carbocycles. The molecule has 4 rings (SSSR count). The van der Waals surface area contributed by atoms with Crippen LogP contribution in [0.15, 0.2) is 60.8 Å². The van der Waals surface area contributed by atoms with Crippen molar-refractivity contribution in [3.05, 3.63) is 71.9 Å². The normalized spacial score (nSPS) is 17.0. The van der Waals surface area contributed by atoms with Gasteiger partial charge in [0.25, 0.3) is 12.3 Å². The highest BCUT2D eigenvalue weighted by Gasteiger charge is 2.36. The van der Waals surface area contributed by atoms with Crippen molar-refractivity contribution in [3.63, 3.8) is 0 Å². The number of ether oxygens (including phenoxy) is 1. The van der Waals surface area contributed by atoms with E-state index in [1.54, 1.807) is 18.2 Å². The monoisotopic (exact) mass is 472 g/mol. The van der Waals surface area contributed by atoms with E-state index in [4.69, 9.17) is 17.0 Å². The second-order valence-corrected chi connectivity index (χ2v) is 7.74. The molecule has 33 heavy (non-hydrogen) atoms. The van der Waals surface area contributed by atoms with Crippen molar-refractivity contribution in [1.29, 1.82) is 0 Å². The van der Waals surface area contributed by atoms with Crippen LogP contribution in [0.3, 0.4) is 0 Å². The summed E-state index contributed by atoms with van der Waals surface area (Å²) in [5, 5.41) is 10.3. The third-order valence-electron chi connectivity index (χ3n) is 5.28. The van der Waals surface area contributed by atoms with Crippen LogP contribution in [0.2, 0.25) is 0 Å². The number of amides is 1. The first kappa shape index (κ1) is 22.5. The summed E-state index contributed by atoms with van der Waals surface area (Å²) in [6.45, 7) is 0. The summed E-state index contributed by atoms with van der Waals surface area (Å²) in [6.07, 6.45) is -1.23. The molecule has 0 fully saturated rings. The third kappa shape index (κ3) is 4.87. The van der Waals surface area contributed by atoms with Crippen molar-refractivity contribution in [2.75, 3.05) is 17.7 Å². The summed E-state index contributed by atoms with van der Waals surface area (Å²) >= 11 is 5.22. The number of methoxy groups -OCH3 is 1. The van der Waals surface area contributed by atoms with E-state index in [2.05, 4.69) is 26.6 Å². The molecule has 1 amide bonds. The summed E-state index contributed by atoms with van der Waals surface area (Å²) in [6, 6.07) is 14.8. The Bertz CT molecular complexity index is 1140. The fourth-order valence-electron chi connectivity index (χ4n) is 3.69. The number of hydrazine groups is 1. The van der Waals surface area contributed by atoms with Crippen molar-refractivity contribution in [3.8, 4) is 5.75 Å². The van der Waals surface area contributed by atoms with E-state index in [1.165, 1.54) is 18.0 Å². The summed E-state index contributed by atoms with van der Waals surface area (Å²) < 4.78 is 34.0. The largest absolute Gasteiger partial charge is 0.495 e. The second-order valence-electron chi connectivity index (χ2n) is 7.33. The SMILES string of the molecule is COc1ccccc1NC(=S)NNC(=O)c1cnn2c1NC(c1ccccc1)CC2C(F)F. The standard InChI is InChI=1S/C22H22F2N6O2S/c1-32-18-10-6-5-9-15(18)27-22(33)29-28-21(31)14-12-25-30-17(19(23)24)11-16(26-20(14)30)13-7-3-2-4-8-13/h2-10,12,16-17,19,26H,11H2,1H3,(H,28,31)(H2,27,29,33). The van der Waals surface area contributed by atoms with Gasteiger partial charge in [-0.05, 0) is 36.3 Å². The first-order valence-corrected chi connectivity index (χ1v) is 10.6. The number of para-hydroxylation sites is 2. The van der Waals surface area contributed by atoms with Crippen LogP contribution in [-0.2, 0) is 0 Å². The zero-order valence-electron chi connectivity index (χ0n) is 17.6. The molecule has 8 nitrogen and oxygen atoms in total. The van der Waals surface area contributed by atoms with Crippen LogP contribution < -0.4 is 26.2 Å². The van der Waals surface area contributed by atoms with E-state index < -0.39 is 18.4 Å². The fourth-order valence-corrected chi connectivity index (χ4v) is 3.85. The first-order valence-electron chi connectivity index (χ1n) is 10.2. The number of thiocarbonyl (C=S) groups is 1. The Morgan fingerprint density at radius 2 is 1.91 bits per heavy atom. The fraction of sp³-hybridized carbons (Fsp3) is 0.227. The predicted molar refractivity (Wildman–Crippen MR) is 125 cm³/mol. The Labute approximate surface area is 194 Å². The number of carbonyl (C=O) groups excluding carboxylic acids is 1. The molecule has 0 saturated heterocycles. The van der Waals surface area contributed by atoms with Gasteiger partial charge in [0.1, 0.15) is 23.2 Å². The van der Waals surface area contributed by atoms with Crippen molar-refractivity contribution in [2.45, 2.75) is 24.9 Å². The van der Waals surface area contributed by atoms with Crippen LogP contribution in [0.25, 0.3) is 0 Å². The Morgan fingerprint density at radius 3 is 2.64 bits per heavy atom. The van der Waals surface area contributed by atoms with Gasteiger partial charge in [-0.15, -0.1) is 0 Å². The minimum absolute atomic E-state index is 0.119. The average molecular weight is 473 g/mol. The zero-order valence-corrected chi connectivity index (χ0v) is 18.4. The van der Waals surface area contributed by atoms with Gasteiger partial charge >= 0.3 is 0 Å². The molecule has 0 radical (unpaired) electrons. The first-order chi connectivity index (χ1) is 16.0. The maximum absolute atomic E-state index is 13.8. The molecule has 2 heterocycles. The van der Waals surface area contributed by atoms with Gasteiger partial charge in [0.15, 0.2) is 5.11 Å². The highest BCUT2D eigenvalue weighted by atomic mass is 32.1. The number of rotatable bonds is 5. The maximum atomic E-state index is 13.8. The molecular formula is C22H22F2N6O2S. The van der Waals surface area contributed by atoms with Crippen molar-refractivity contribution >= 4 is 34.7 Å². The molecule has 2 aromatic carbocycles. The lowest BCUT2D eigenvalue weighted by Crippen LogP contribution is -2.44. The lowest BCUT2D eigenvalue weighted by Gasteiger charge is -2.32. The van der Waals surface area contributed by atoms with Gasteiger partial charge in [-0.25, -0.2) is 13.5 Å². The molecular weight excluding hydrogens is 450 g/mol. The summed E-state index contributed by atoms with van der Waals surface area (Å²) in [4.78, 5) is 12.8. The molecule has 0 saturated carbocycles. The average Bonchev–Trinajstić information content (AvgIpc) is 3.27. The molecule has 1 aliphatic rings. The highest BCUT2D eigenvalue weighted by Crippen LogP contribution is 2.39. The van der Waals surface area contributed by atoms with Gasteiger partial charge in [0, 0.05) is 0 Å². The second kappa shape index (κ2) is 9.82. The van der Waals surface area contributed by atoms with Gasteiger partial charge < -0.3 is 15.4 Å². The van der Waals surface area contributed by atoms with Gasteiger partial charge in [-0.3, -0.25) is 15.6 Å². The molecule has 1 aliphatic heterocycles. The number of aromatic nitrogens is 2. The number of nitrogens with zero attached hydrogens (tertiary/aromatic N) is 2. The number of anilines is 2. The van der Waals surface area contributed by atoms with Crippen molar-refractivity contribution in [1.82, 2.24) is 20.6 Å². The molecule has 11 heteroatoms. The quantitative estimate of drug-likeness (QED) is 0.331. The van der Waals surface area contributed by atoms with Crippen LogP contribution >= 0.6 is 12.2 Å². The van der Waals surface area contributed by atoms with Crippen LogP contribution in [0, 0.1) is 0 Å². The lowest BCUT2D eigenvalue weighted by molar-refractivity contribution is 0.0656. The Hall–Kier alpha value is -3.73. The molecule has 2 unspecified atom stereocenters. The van der Waals surface area contributed by atoms with E-state index in [-0.39, 0.29) is 29.0 Å². The maximum Gasteiger partial charge on any atom is 0.275 e. The van der Waals surface area contributed by atoms with Crippen LogP contribution in [0.4, 0.5) is 20.3 Å². The smallest absolute Gasteiger partial charge is 0.275 e. The van der Waals surface area contributed by atoms with Gasteiger partial charge in [-0.1, -0.05) is 42.5 Å². The number of hydrogen-bond donors (Lipinski definition) is 4. The summed E-state index contributed by atoms with van der Waals surface area (Å²) in [7, 11) is 1.53. The van der Waals surface area contributed by atoms with Crippen LogP contribution in [0.5, 0.6) is 5.75 Å². The Morgan fingerprint density at radius 1 is 1.18 bits per heavy atom. The number of halogens is 2. The van der Waals surface area contributed by atoms with Crippen molar-refractivity contribution < 1.29 is 18.3 Å². The van der Waals surface area contributed by atoms with Gasteiger partial charge in [-0.2, -0.15) is 5.10 Å². The van der Waals surface area contributed by atoms with E-state index in [0.717, 1.165) is 5.56 Å². The molecule has 0 bridgehead atoms. The Kier molecular flexibility index (Phi) is 6.68. The number of fused-ring (bicyclic) bond motifs is 1.